The average molecular weight is 208 g/mol. The maximum absolute atomic E-state index is 12.7. The first kappa shape index (κ1) is 10.1. The molecule has 4 nitrogen and oxygen atoms in total. The van der Waals surface area contributed by atoms with E-state index in [0.717, 1.165) is 18.2 Å². The Morgan fingerprint density at radius 1 is 1.15 bits per heavy atom. The normalized spacial score (nSPS) is 11.5. The lowest BCUT2D eigenvalue weighted by molar-refractivity contribution is 0.125. The van der Waals surface area contributed by atoms with Gasteiger partial charge in [-0.05, 0) is 12.1 Å². The Morgan fingerprint density at radius 3 is 2.31 bits per heavy atom. The van der Waals surface area contributed by atoms with Gasteiger partial charge >= 0.3 is 9.05 Å². The molecule has 0 amide bonds. The Labute approximate surface area is 73.1 Å². The van der Waals surface area contributed by atoms with E-state index in [4.69, 9.17) is 14.4 Å². The van der Waals surface area contributed by atoms with E-state index in [0.29, 0.717) is 0 Å². The maximum atomic E-state index is 12.7. The van der Waals surface area contributed by atoms with Crippen molar-refractivity contribution in [3.05, 3.63) is 29.8 Å². The van der Waals surface area contributed by atoms with Crippen LogP contribution in [0.15, 0.2) is 18.2 Å². The topological polar surface area (TPSA) is 69.9 Å². The van der Waals surface area contributed by atoms with E-state index in [2.05, 4.69) is 4.43 Å². The molecule has 1 rings (SSSR count). The van der Waals surface area contributed by atoms with Crippen LogP contribution in [0.1, 0.15) is 0 Å². The summed E-state index contributed by atoms with van der Waals surface area (Å²) in [6, 6.07) is 2.90. The highest BCUT2D eigenvalue weighted by atomic mass is 28.4. The van der Waals surface area contributed by atoms with E-state index in [-0.39, 0.29) is 0 Å². The third-order valence-corrected chi connectivity index (χ3v) is 1.66. The predicted octanol–water partition coefficient (Wildman–Crippen LogP) is -0.244. The molecule has 0 fully saturated rings. The van der Waals surface area contributed by atoms with Crippen molar-refractivity contribution in [2.24, 2.45) is 0 Å². The van der Waals surface area contributed by atoms with Gasteiger partial charge in [0.15, 0.2) is 11.6 Å². The Balaban J connectivity index is 2.96. The van der Waals surface area contributed by atoms with Crippen LogP contribution in [0.25, 0.3) is 0 Å². The van der Waals surface area contributed by atoms with Crippen LogP contribution in [0.4, 0.5) is 8.78 Å². The molecule has 0 atom stereocenters. The molecule has 0 aliphatic carbocycles. The fourth-order valence-corrected chi connectivity index (χ4v) is 1.16. The van der Waals surface area contributed by atoms with Gasteiger partial charge in [-0.25, -0.2) is 4.39 Å². The lowest BCUT2D eigenvalue weighted by Crippen LogP contribution is -2.42. The molecule has 1 aromatic rings. The number of halogens is 2. The molecule has 0 saturated heterocycles. The van der Waals surface area contributed by atoms with Crippen LogP contribution in [-0.2, 0) is 0 Å². The molecule has 0 radical (unpaired) electrons. The van der Waals surface area contributed by atoms with Gasteiger partial charge in [-0.1, -0.05) is 6.07 Å². The summed E-state index contributed by atoms with van der Waals surface area (Å²) < 4.78 is 29.2. The van der Waals surface area contributed by atoms with Crippen molar-refractivity contribution in [2.75, 3.05) is 0 Å². The Bertz CT molecular complexity index is 312. The summed E-state index contributed by atoms with van der Waals surface area (Å²) in [5.74, 6) is -3.31. The Kier molecular flexibility index (Phi) is 2.62. The van der Waals surface area contributed by atoms with Crippen molar-refractivity contribution < 1.29 is 27.6 Å². The minimum absolute atomic E-state index is 0.737. The van der Waals surface area contributed by atoms with Crippen molar-refractivity contribution in [3.8, 4) is 5.75 Å². The highest BCUT2D eigenvalue weighted by Gasteiger charge is 2.34. The van der Waals surface area contributed by atoms with E-state index >= 15 is 0 Å². The number of benzene rings is 1. The molecule has 0 aliphatic heterocycles. The van der Waals surface area contributed by atoms with E-state index < -0.39 is 26.4 Å². The fourth-order valence-electron chi connectivity index (χ4n) is 0.710. The summed E-state index contributed by atoms with van der Waals surface area (Å²) in [6.45, 7) is 0. The molecule has 3 N–H and O–H groups in total. The van der Waals surface area contributed by atoms with Gasteiger partial charge in [0.05, 0.1) is 0 Å². The van der Waals surface area contributed by atoms with Gasteiger partial charge in [-0.2, -0.15) is 4.39 Å². The van der Waals surface area contributed by atoms with Crippen LogP contribution in [-0.4, -0.2) is 23.4 Å². The summed E-state index contributed by atoms with van der Waals surface area (Å²) in [6.07, 6.45) is 0. The number of hydrogen-bond acceptors (Lipinski definition) is 4. The molecule has 72 valence electrons. The molecule has 1 aromatic carbocycles. The van der Waals surface area contributed by atoms with Crippen molar-refractivity contribution in [1.82, 2.24) is 0 Å². The molecule has 7 heteroatoms. The summed E-state index contributed by atoms with van der Waals surface area (Å²) in [5.41, 5.74) is 0. The van der Waals surface area contributed by atoms with Gasteiger partial charge in [0, 0.05) is 0 Å². The molecular weight excluding hydrogens is 202 g/mol. The van der Waals surface area contributed by atoms with Crippen LogP contribution in [0.3, 0.4) is 0 Å². The van der Waals surface area contributed by atoms with Gasteiger partial charge in [-0.3, -0.25) is 0 Å². The molecule has 13 heavy (non-hydrogen) atoms. The SMILES string of the molecule is O[Si](O)(O)Oc1cccc(F)c1F. The van der Waals surface area contributed by atoms with Crippen molar-refractivity contribution in [3.63, 3.8) is 0 Å². The second-order valence-corrected chi connectivity index (χ2v) is 3.58. The van der Waals surface area contributed by atoms with E-state index in [1.807, 2.05) is 0 Å². The van der Waals surface area contributed by atoms with Crippen LogP contribution >= 0.6 is 0 Å². The van der Waals surface area contributed by atoms with Crippen LogP contribution < -0.4 is 4.43 Å². The van der Waals surface area contributed by atoms with Crippen molar-refractivity contribution in [1.29, 1.82) is 0 Å². The molecular formula is C6H6F2O4Si. The summed E-state index contributed by atoms with van der Waals surface area (Å²) >= 11 is 0. The number of hydrogen-bond donors (Lipinski definition) is 3. The second kappa shape index (κ2) is 3.38. The summed E-state index contributed by atoms with van der Waals surface area (Å²) in [7, 11) is -4.86. The van der Waals surface area contributed by atoms with E-state index in [9.17, 15) is 8.78 Å². The molecule has 0 spiro atoms. The Hall–Kier alpha value is -1.02. The first-order valence-corrected chi connectivity index (χ1v) is 4.95. The monoisotopic (exact) mass is 208 g/mol. The maximum Gasteiger partial charge on any atom is 0.741 e. The quantitative estimate of drug-likeness (QED) is 0.586. The fraction of sp³-hybridized carbons (Fsp3) is 0. The molecule has 0 bridgehead atoms. The van der Waals surface area contributed by atoms with Crippen molar-refractivity contribution in [2.45, 2.75) is 0 Å². The molecule has 0 unspecified atom stereocenters. The molecule has 0 heterocycles. The molecule has 0 saturated carbocycles. The zero-order chi connectivity index (χ0) is 10.1. The largest absolute Gasteiger partial charge is 0.741 e. The highest BCUT2D eigenvalue weighted by molar-refractivity contribution is 6.49. The highest BCUT2D eigenvalue weighted by Crippen LogP contribution is 2.20. The van der Waals surface area contributed by atoms with Gasteiger partial charge in [0.25, 0.3) is 0 Å². The third-order valence-electron chi connectivity index (χ3n) is 1.16. The van der Waals surface area contributed by atoms with Gasteiger partial charge in [-0.15, -0.1) is 0 Å². The van der Waals surface area contributed by atoms with E-state index in [1.54, 1.807) is 0 Å². The predicted molar refractivity (Wildman–Crippen MR) is 39.4 cm³/mol. The lowest BCUT2D eigenvalue weighted by Gasteiger charge is -2.11. The third kappa shape index (κ3) is 2.74. The smallest absolute Gasteiger partial charge is 0.477 e. The minimum Gasteiger partial charge on any atom is -0.477 e. The van der Waals surface area contributed by atoms with Gasteiger partial charge in [0.2, 0.25) is 0 Å². The minimum atomic E-state index is -4.86. The first-order valence-electron chi connectivity index (χ1n) is 3.20. The van der Waals surface area contributed by atoms with Gasteiger partial charge < -0.3 is 18.8 Å². The first-order chi connectivity index (χ1) is 5.90. The van der Waals surface area contributed by atoms with E-state index in [1.165, 1.54) is 0 Å². The molecule has 0 aliphatic rings. The number of rotatable bonds is 2. The standard InChI is InChI=1S/C6H6F2O4Si/c7-4-2-1-3-5(6(4)8)12-13(9,10)11/h1-3,9-11H. The lowest BCUT2D eigenvalue weighted by atomic mass is 10.3. The second-order valence-electron chi connectivity index (χ2n) is 2.23. The summed E-state index contributed by atoms with van der Waals surface area (Å²) in [5, 5.41) is 0. The average Bonchev–Trinajstić information content (AvgIpc) is 1.96. The van der Waals surface area contributed by atoms with Crippen LogP contribution in [0.2, 0.25) is 0 Å². The van der Waals surface area contributed by atoms with Crippen molar-refractivity contribution >= 4 is 9.05 Å². The van der Waals surface area contributed by atoms with Gasteiger partial charge in [0.1, 0.15) is 5.75 Å². The zero-order valence-corrected chi connectivity index (χ0v) is 7.24. The molecule has 0 aromatic heterocycles. The summed E-state index contributed by atoms with van der Waals surface area (Å²) in [4.78, 5) is 25.3. The van der Waals surface area contributed by atoms with Crippen LogP contribution in [0.5, 0.6) is 5.75 Å². The van der Waals surface area contributed by atoms with Crippen LogP contribution in [0, 0.1) is 11.6 Å². The Morgan fingerprint density at radius 2 is 1.77 bits per heavy atom. The zero-order valence-electron chi connectivity index (χ0n) is 6.24.